The second kappa shape index (κ2) is 8.78. The second-order valence-corrected chi connectivity index (χ2v) is 9.19. The molecular formula is C27H27N3O4S. The van der Waals surface area contributed by atoms with E-state index in [4.69, 9.17) is 26.4 Å². The Morgan fingerprint density at radius 3 is 2.43 bits per heavy atom. The summed E-state index contributed by atoms with van der Waals surface area (Å²) in [5.41, 5.74) is 2.31. The number of nitrogens with zero attached hydrogens (tertiary/aromatic N) is 1. The molecule has 0 spiro atoms. The molecule has 3 aromatic carbocycles. The first-order valence-corrected chi connectivity index (χ1v) is 11.7. The molecule has 0 unspecified atom stereocenters. The van der Waals surface area contributed by atoms with E-state index in [1.54, 1.807) is 14.2 Å². The van der Waals surface area contributed by atoms with Gasteiger partial charge in [-0.3, -0.25) is 9.69 Å². The van der Waals surface area contributed by atoms with Crippen LogP contribution in [0.5, 0.6) is 17.2 Å². The maximum Gasteiger partial charge on any atom is 0.236 e. The minimum Gasteiger partial charge on any atom is -0.497 e. The Labute approximate surface area is 210 Å². The lowest BCUT2D eigenvalue weighted by Gasteiger charge is -2.56. The quantitative estimate of drug-likeness (QED) is 0.498. The summed E-state index contributed by atoms with van der Waals surface area (Å²) in [4.78, 5) is 15.8. The van der Waals surface area contributed by atoms with E-state index in [1.807, 2.05) is 85.5 Å². The van der Waals surface area contributed by atoms with Gasteiger partial charge in [-0.15, -0.1) is 0 Å². The fourth-order valence-corrected chi connectivity index (χ4v) is 5.37. The van der Waals surface area contributed by atoms with Crippen LogP contribution in [0.15, 0.2) is 66.7 Å². The van der Waals surface area contributed by atoms with Gasteiger partial charge in [0.05, 0.1) is 20.3 Å². The molecule has 2 bridgehead atoms. The minimum absolute atomic E-state index is 0.190. The van der Waals surface area contributed by atoms with Gasteiger partial charge in [-0.2, -0.15) is 0 Å². The van der Waals surface area contributed by atoms with Crippen LogP contribution in [0.25, 0.3) is 0 Å². The fraction of sp³-hybridized carbons (Fsp3) is 0.259. The van der Waals surface area contributed by atoms with Crippen LogP contribution in [0.2, 0.25) is 0 Å². The monoisotopic (exact) mass is 489 g/mol. The van der Waals surface area contributed by atoms with Crippen LogP contribution >= 0.6 is 12.2 Å². The normalized spacial score (nSPS) is 22.4. The van der Waals surface area contributed by atoms with Gasteiger partial charge < -0.3 is 24.8 Å². The number of carbonyl (C=O) groups is 1. The smallest absolute Gasteiger partial charge is 0.236 e. The molecule has 2 N–H and O–H groups in total. The van der Waals surface area contributed by atoms with Gasteiger partial charge in [0, 0.05) is 16.9 Å². The molecule has 3 aromatic rings. The molecule has 0 saturated carbocycles. The third-order valence-corrected chi connectivity index (χ3v) is 7.00. The maximum atomic E-state index is 13.9. The van der Waals surface area contributed by atoms with Crippen molar-refractivity contribution in [3.63, 3.8) is 0 Å². The molecule has 7 nitrogen and oxygen atoms in total. The number of anilines is 2. The molecule has 5 rings (SSSR count). The first-order chi connectivity index (χ1) is 16.9. The number of para-hydroxylation sites is 1. The molecule has 2 aliphatic heterocycles. The van der Waals surface area contributed by atoms with Gasteiger partial charge in [-0.05, 0) is 80.2 Å². The second-order valence-electron chi connectivity index (χ2n) is 8.80. The Morgan fingerprint density at radius 2 is 1.74 bits per heavy atom. The first-order valence-electron chi connectivity index (χ1n) is 11.3. The maximum absolute atomic E-state index is 13.9. The number of nitrogens with one attached hydrogen (secondary N) is 2. The zero-order valence-electron chi connectivity index (χ0n) is 20.0. The number of ether oxygens (including phenoxy) is 3. The average molecular weight is 490 g/mol. The summed E-state index contributed by atoms with van der Waals surface area (Å²) in [6.07, 6.45) is 0. The standard InChI is InChI=1S/C27H27N3O4S/c1-16-7-5-6-8-21(16)30-26(35)29-24-20-15-19(33-4)13-14-22(20)34-27(30,2)23(24)25(31)28-17-9-11-18(32-3)12-10-17/h5-15,23-24H,1-4H3,(H,28,31)(H,29,35)/t23-,24-,27-/m0/s1. The van der Waals surface area contributed by atoms with E-state index >= 15 is 0 Å². The van der Waals surface area contributed by atoms with E-state index in [2.05, 4.69) is 10.6 Å². The number of rotatable bonds is 5. The summed E-state index contributed by atoms with van der Waals surface area (Å²) in [6.45, 7) is 3.94. The number of hydrogen-bond donors (Lipinski definition) is 2. The van der Waals surface area contributed by atoms with Crippen molar-refractivity contribution >= 4 is 34.6 Å². The van der Waals surface area contributed by atoms with Crippen molar-refractivity contribution in [3.05, 3.63) is 77.9 Å². The van der Waals surface area contributed by atoms with E-state index < -0.39 is 17.7 Å². The molecule has 1 fully saturated rings. The third kappa shape index (κ3) is 3.83. The van der Waals surface area contributed by atoms with Gasteiger partial charge >= 0.3 is 0 Å². The number of thiocarbonyl (C=S) groups is 1. The Balaban J connectivity index is 1.61. The summed E-state index contributed by atoms with van der Waals surface area (Å²) >= 11 is 5.84. The zero-order chi connectivity index (χ0) is 24.7. The molecule has 0 aromatic heterocycles. The lowest BCUT2D eigenvalue weighted by Crippen LogP contribution is -2.72. The molecule has 180 valence electrons. The molecule has 3 atom stereocenters. The number of methoxy groups -OCH3 is 2. The van der Waals surface area contributed by atoms with Crippen molar-refractivity contribution in [2.24, 2.45) is 5.92 Å². The van der Waals surface area contributed by atoms with Gasteiger partial charge in [-0.25, -0.2) is 0 Å². The fourth-order valence-electron chi connectivity index (χ4n) is 4.96. The van der Waals surface area contributed by atoms with Gasteiger partial charge in [0.25, 0.3) is 0 Å². The number of benzene rings is 3. The molecule has 2 aliphatic rings. The summed E-state index contributed by atoms with van der Waals surface area (Å²) in [7, 11) is 3.22. The predicted octanol–water partition coefficient (Wildman–Crippen LogP) is 4.81. The van der Waals surface area contributed by atoms with Crippen molar-refractivity contribution in [1.29, 1.82) is 0 Å². The highest BCUT2D eigenvalue weighted by Crippen LogP contribution is 2.51. The first kappa shape index (κ1) is 23.0. The molecular weight excluding hydrogens is 462 g/mol. The Morgan fingerprint density at radius 1 is 1.06 bits per heavy atom. The Hall–Kier alpha value is -3.78. The molecule has 0 radical (unpaired) electrons. The van der Waals surface area contributed by atoms with E-state index in [0.29, 0.717) is 28.0 Å². The highest BCUT2D eigenvalue weighted by Gasteiger charge is 2.59. The van der Waals surface area contributed by atoms with Crippen LogP contribution in [-0.2, 0) is 4.79 Å². The number of hydrogen-bond acceptors (Lipinski definition) is 5. The lowest BCUT2D eigenvalue weighted by molar-refractivity contribution is -0.130. The number of amides is 1. The number of carbonyl (C=O) groups excluding carboxylic acids is 1. The van der Waals surface area contributed by atoms with Gasteiger partial charge in [-0.1, -0.05) is 18.2 Å². The van der Waals surface area contributed by atoms with E-state index in [-0.39, 0.29) is 5.91 Å². The van der Waals surface area contributed by atoms with Crippen molar-refractivity contribution in [2.45, 2.75) is 25.6 Å². The summed E-state index contributed by atoms with van der Waals surface area (Å²) < 4.78 is 17.3. The summed E-state index contributed by atoms with van der Waals surface area (Å²) in [5, 5.41) is 6.99. The Bertz CT molecular complexity index is 1300. The summed E-state index contributed by atoms with van der Waals surface area (Å²) in [5.74, 6) is 1.24. The molecule has 1 amide bonds. The van der Waals surface area contributed by atoms with E-state index in [9.17, 15) is 4.79 Å². The van der Waals surface area contributed by atoms with Crippen LogP contribution in [0.4, 0.5) is 11.4 Å². The van der Waals surface area contributed by atoms with Gasteiger partial charge in [0.15, 0.2) is 10.8 Å². The Kier molecular flexibility index (Phi) is 5.76. The molecule has 35 heavy (non-hydrogen) atoms. The lowest BCUT2D eigenvalue weighted by atomic mass is 9.78. The third-order valence-electron chi connectivity index (χ3n) is 6.70. The van der Waals surface area contributed by atoms with Crippen molar-refractivity contribution in [1.82, 2.24) is 5.32 Å². The minimum atomic E-state index is -1.09. The van der Waals surface area contributed by atoms with Crippen LogP contribution in [0.1, 0.15) is 24.1 Å². The van der Waals surface area contributed by atoms with Crippen LogP contribution in [0.3, 0.4) is 0 Å². The van der Waals surface area contributed by atoms with E-state index in [1.165, 1.54) is 0 Å². The summed E-state index contributed by atoms with van der Waals surface area (Å²) in [6, 6.07) is 20.4. The molecule has 0 aliphatic carbocycles. The van der Waals surface area contributed by atoms with Crippen LogP contribution in [-0.4, -0.2) is 31.0 Å². The highest BCUT2D eigenvalue weighted by molar-refractivity contribution is 7.80. The van der Waals surface area contributed by atoms with E-state index in [0.717, 1.165) is 16.8 Å². The van der Waals surface area contributed by atoms with Crippen LogP contribution < -0.4 is 29.7 Å². The average Bonchev–Trinajstić information content (AvgIpc) is 2.85. The number of aryl methyl sites for hydroxylation is 1. The molecule has 2 heterocycles. The zero-order valence-corrected chi connectivity index (χ0v) is 20.8. The number of fused-ring (bicyclic) bond motifs is 4. The van der Waals surface area contributed by atoms with Crippen LogP contribution in [0, 0.1) is 12.8 Å². The topological polar surface area (TPSA) is 72.1 Å². The van der Waals surface area contributed by atoms with Gasteiger partial charge in [0.1, 0.15) is 23.2 Å². The van der Waals surface area contributed by atoms with Crippen molar-refractivity contribution in [3.8, 4) is 17.2 Å². The molecule has 8 heteroatoms. The SMILES string of the molecule is COc1ccc(NC(=O)[C@@H]2[C@H]3NC(=S)N(c4ccccc4C)[C@@]2(C)Oc2ccc(OC)cc23)cc1. The largest absolute Gasteiger partial charge is 0.497 e. The highest BCUT2D eigenvalue weighted by atomic mass is 32.1. The predicted molar refractivity (Wildman–Crippen MR) is 139 cm³/mol. The van der Waals surface area contributed by atoms with Crippen molar-refractivity contribution < 1.29 is 19.0 Å². The molecule has 1 saturated heterocycles. The van der Waals surface area contributed by atoms with Gasteiger partial charge in [0.2, 0.25) is 5.91 Å². The van der Waals surface area contributed by atoms with Crippen molar-refractivity contribution in [2.75, 3.05) is 24.4 Å².